The summed E-state index contributed by atoms with van der Waals surface area (Å²) < 4.78 is 10.4. The van der Waals surface area contributed by atoms with E-state index in [1.165, 1.54) is 0 Å². The number of amides is 1. The fourth-order valence-corrected chi connectivity index (χ4v) is 2.32. The van der Waals surface area contributed by atoms with Gasteiger partial charge in [-0.05, 0) is 17.7 Å². The van der Waals surface area contributed by atoms with Crippen LogP contribution >= 0.6 is 0 Å². The van der Waals surface area contributed by atoms with Crippen molar-refractivity contribution in [1.29, 1.82) is 0 Å². The maximum atomic E-state index is 11.9. The van der Waals surface area contributed by atoms with Crippen LogP contribution in [0.3, 0.4) is 0 Å². The lowest BCUT2D eigenvalue weighted by atomic mass is 10.2. The molecule has 0 radical (unpaired) electrons. The normalized spacial score (nSPS) is 15.5. The van der Waals surface area contributed by atoms with Crippen LogP contribution < -0.4 is 20.1 Å². The molecule has 0 unspecified atom stereocenters. The van der Waals surface area contributed by atoms with Crippen molar-refractivity contribution in [3.63, 3.8) is 0 Å². The molecule has 1 amide bonds. The number of hydrogen-bond donors (Lipinski definition) is 2. The molecule has 6 heteroatoms. The lowest BCUT2D eigenvalue weighted by molar-refractivity contribution is -0.122. The van der Waals surface area contributed by atoms with Crippen LogP contribution in [0.2, 0.25) is 0 Å². The number of nitrogens with one attached hydrogen (secondary N) is 2. The third kappa shape index (κ3) is 4.61. The molecule has 1 aromatic carbocycles. The minimum absolute atomic E-state index is 0.0479. The topological polar surface area (TPSA) is 62.8 Å². The van der Waals surface area contributed by atoms with Crippen LogP contribution in [0, 0.1) is 0 Å². The van der Waals surface area contributed by atoms with Crippen LogP contribution in [0.25, 0.3) is 0 Å². The third-order valence-corrected chi connectivity index (χ3v) is 3.51. The summed E-state index contributed by atoms with van der Waals surface area (Å²) in [5.74, 6) is 1.41. The number of piperazine rings is 1. The van der Waals surface area contributed by atoms with E-state index in [2.05, 4.69) is 15.5 Å². The van der Waals surface area contributed by atoms with E-state index in [4.69, 9.17) is 9.47 Å². The Bertz CT molecular complexity index is 473. The highest BCUT2D eigenvalue weighted by molar-refractivity contribution is 5.78. The molecule has 0 saturated carbocycles. The van der Waals surface area contributed by atoms with Crippen molar-refractivity contribution in [1.82, 2.24) is 15.5 Å². The second-order valence-corrected chi connectivity index (χ2v) is 4.99. The Morgan fingerprint density at radius 2 is 1.95 bits per heavy atom. The zero-order valence-electron chi connectivity index (χ0n) is 12.6. The standard InChI is InChI=1S/C15H23N3O3/c1-20-13-4-3-12(9-14(13)21-2)10-17-15(19)11-18-7-5-16-6-8-18/h3-4,9,16H,5-8,10-11H2,1-2H3,(H,17,19). The second-order valence-electron chi connectivity index (χ2n) is 4.99. The molecule has 0 aliphatic carbocycles. The molecule has 21 heavy (non-hydrogen) atoms. The highest BCUT2D eigenvalue weighted by atomic mass is 16.5. The van der Waals surface area contributed by atoms with Crippen LogP contribution in [0.1, 0.15) is 5.56 Å². The summed E-state index contributed by atoms with van der Waals surface area (Å²) in [5, 5.41) is 6.21. The number of rotatable bonds is 6. The van der Waals surface area contributed by atoms with Gasteiger partial charge >= 0.3 is 0 Å². The number of ether oxygens (including phenoxy) is 2. The molecule has 0 atom stereocenters. The molecule has 0 bridgehead atoms. The number of carbonyl (C=O) groups excluding carboxylic acids is 1. The number of nitrogens with zero attached hydrogens (tertiary/aromatic N) is 1. The first-order valence-electron chi connectivity index (χ1n) is 7.13. The maximum Gasteiger partial charge on any atom is 0.234 e. The van der Waals surface area contributed by atoms with Crippen molar-refractivity contribution in [2.45, 2.75) is 6.54 Å². The van der Waals surface area contributed by atoms with Crippen molar-refractivity contribution in [3.05, 3.63) is 23.8 Å². The zero-order valence-corrected chi connectivity index (χ0v) is 12.6. The van der Waals surface area contributed by atoms with E-state index < -0.39 is 0 Å². The van der Waals surface area contributed by atoms with Gasteiger partial charge in [0.15, 0.2) is 11.5 Å². The van der Waals surface area contributed by atoms with Crippen LogP contribution in [-0.2, 0) is 11.3 Å². The maximum absolute atomic E-state index is 11.9. The number of benzene rings is 1. The Labute approximate surface area is 125 Å². The van der Waals surface area contributed by atoms with E-state index in [-0.39, 0.29) is 5.91 Å². The first-order chi connectivity index (χ1) is 10.2. The molecule has 0 aromatic heterocycles. The van der Waals surface area contributed by atoms with Gasteiger partial charge < -0.3 is 20.1 Å². The molecule has 0 spiro atoms. The Hall–Kier alpha value is -1.79. The number of hydrogen-bond acceptors (Lipinski definition) is 5. The number of carbonyl (C=O) groups is 1. The SMILES string of the molecule is COc1ccc(CNC(=O)CN2CCNCC2)cc1OC. The molecule has 1 aliphatic rings. The third-order valence-electron chi connectivity index (χ3n) is 3.51. The van der Waals surface area contributed by atoms with Gasteiger partial charge in [-0.15, -0.1) is 0 Å². The lowest BCUT2D eigenvalue weighted by Gasteiger charge is -2.26. The summed E-state index contributed by atoms with van der Waals surface area (Å²) in [5.41, 5.74) is 0.987. The van der Waals surface area contributed by atoms with E-state index in [9.17, 15) is 4.79 Å². The molecule has 2 rings (SSSR count). The van der Waals surface area contributed by atoms with E-state index >= 15 is 0 Å². The summed E-state index contributed by atoms with van der Waals surface area (Å²) in [6.45, 7) is 4.68. The average molecular weight is 293 g/mol. The molecule has 1 fully saturated rings. The summed E-state index contributed by atoms with van der Waals surface area (Å²) in [7, 11) is 3.21. The number of methoxy groups -OCH3 is 2. The molecule has 116 valence electrons. The predicted octanol–water partition coefficient (Wildman–Crippen LogP) is 0.225. The molecular formula is C15H23N3O3. The van der Waals surface area contributed by atoms with Crippen LogP contribution in [0.15, 0.2) is 18.2 Å². The van der Waals surface area contributed by atoms with Crippen molar-refractivity contribution >= 4 is 5.91 Å². The van der Waals surface area contributed by atoms with Gasteiger partial charge in [0, 0.05) is 32.7 Å². The van der Waals surface area contributed by atoms with E-state index in [1.807, 2.05) is 18.2 Å². The van der Waals surface area contributed by atoms with Gasteiger partial charge in [-0.1, -0.05) is 6.07 Å². The van der Waals surface area contributed by atoms with E-state index in [0.717, 1.165) is 31.7 Å². The first-order valence-corrected chi connectivity index (χ1v) is 7.13. The molecule has 1 aromatic rings. The summed E-state index contributed by atoms with van der Waals surface area (Å²) >= 11 is 0. The average Bonchev–Trinajstić information content (AvgIpc) is 2.53. The highest BCUT2D eigenvalue weighted by Crippen LogP contribution is 2.27. The zero-order chi connectivity index (χ0) is 15.1. The first kappa shape index (κ1) is 15.6. The van der Waals surface area contributed by atoms with Gasteiger partial charge in [0.25, 0.3) is 0 Å². The summed E-state index contributed by atoms with van der Waals surface area (Å²) in [4.78, 5) is 14.1. The van der Waals surface area contributed by atoms with Crippen LogP contribution in [0.5, 0.6) is 11.5 Å². The van der Waals surface area contributed by atoms with Crippen molar-refractivity contribution in [3.8, 4) is 11.5 Å². The Morgan fingerprint density at radius 1 is 1.24 bits per heavy atom. The smallest absolute Gasteiger partial charge is 0.234 e. The Kier molecular flexibility index (Phi) is 5.83. The van der Waals surface area contributed by atoms with Crippen molar-refractivity contribution in [2.24, 2.45) is 0 Å². The van der Waals surface area contributed by atoms with E-state index in [1.54, 1.807) is 14.2 Å². The van der Waals surface area contributed by atoms with Crippen molar-refractivity contribution in [2.75, 3.05) is 46.9 Å². The monoisotopic (exact) mass is 293 g/mol. The van der Waals surface area contributed by atoms with Gasteiger partial charge in [-0.2, -0.15) is 0 Å². The van der Waals surface area contributed by atoms with Crippen LogP contribution in [-0.4, -0.2) is 57.8 Å². The highest BCUT2D eigenvalue weighted by Gasteiger charge is 2.13. The summed E-state index contributed by atoms with van der Waals surface area (Å²) in [6, 6.07) is 5.65. The van der Waals surface area contributed by atoms with Gasteiger partial charge in [0.05, 0.1) is 20.8 Å². The molecule has 1 saturated heterocycles. The molecule has 1 heterocycles. The van der Waals surface area contributed by atoms with Gasteiger partial charge in [0.1, 0.15) is 0 Å². The minimum Gasteiger partial charge on any atom is -0.493 e. The molecular weight excluding hydrogens is 270 g/mol. The quantitative estimate of drug-likeness (QED) is 0.786. The predicted molar refractivity (Wildman–Crippen MR) is 80.7 cm³/mol. The fraction of sp³-hybridized carbons (Fsp3) is 0.533. The molecule has 2 N–H and O–H groups in total. The largest absolute Gasteiger partial charge is 0.493 e. The van der Waals surface area contributed by atoms with Gasteiger partial charge in [-0.3, -0.25) is 9.69 Å². The Morgan fingerprint density at radius 3 is 2.62 bits per heavy atom. The van der Waals surface area contributed by atoms with Gasteiger partial charge in [0.2, 0.25) is 5.91 Å². The molecule has 1 aliphatic heterocycles. The van der Waals surface area contributed by atoms with Crippen molar-refractivity contribution < 1.29 is 14.3 Å². The minimum atomic E-state index is 0.0479. The lowest BCUT2D eigenvalue weighted by Crippen LogP contribution is -2.47. The Balaban J connectivity index is 1.83. The fourth-order valence-electron chi connectivity index (χ4n) is 2.32. The van der Waals surface area contributed by atoms with E-state index in [0.29, 0.717) is 24.6 Å². The van der Waals surface area contributed by atoms with Gasteiger partial charge in [-0.25, -0.2) is 0 Å². The summed E-state index contributed by atoms with van der Waals surface area (Å²) in [6.07, 6.45) is 0. The van der Waals surface area contributed by atoms with Crippen LogP contribution in [0.4, 0.5) is 0 Å². The molecule has 6 nitrogen and oxygen atoms in total. The second kappa shape index (κ2) is 7.85.